The lowest BCUT2D eigenvalue weighted by Gasteiger charge is -2.38. The van der Waals surface area contributed by atoms with Crippen LogP contribution in [-0.2, 0) is 22.4 Å². The summed E-state index contributed by atoms with van der Waals surface area (Å²) < 4.78 is 19.6. The van der Waals surface area contributed by atoms with Crippen LogP contribution in [-0.4, -0.2) is 47.3 Å². The van der Waals surface area contributed by atoms with Crippen molar-refractivity contribution >= 4 is 5.91 Å². The van der Waals surface area contributed by atoms with Crippen LogP contribution in [0.15, 0.2) is 36.7 Å². The summed E-state index contributed by atoms with van der Waals surface area (Å²) in [6, 6.07) is 6.89. The first kappa shape index (κ1) is 18.6. The quantitative estimate of drug-likeness (QED) is 0.827. The van der Waals surface area contributed by atoms with Gasteiger partial charge in [0.2, 0.25) is 5.91 Å². The second-order valence-corrected chi connectivity index (χ2v) is 6.92. The van der Waals surface area contributed by atoms with Gasteiger partial charge in [0.05, 0.1) is 12.3 Å². The molecule has 1 aliphatic rings. The van der Waals surface area contributed by atoms with Crippen molar-refractivity contribution in [1.29, 1.82) is 0 Å². The number of hydrogen-bond donors (Lipinski definition) is 1. The molecule has 0 unspecified atom stereocenters. The number of hydrogen-bond acceptors (Lipinski definition) is 3. The normalized spacial score (nSPS) is 20.3. The standard InChI is InChI=1S/C20H26FN3O2/c1-26-19-14-24(20(25)8-4-5-15-12-22-23-13-15)10-9-17(19)11-16-6-2-3-7-18(16)21/h2-3,6-7,12-13,17,19H,4-5,8-11,14H2,1H3,(H,22,23)/t17-,19+/m1/s1. The number of carbonyl (C=O) groups is 1. The van der Waals surface area contributed by atoms with E-state index < -0.39 is 0 Å². The molecule has 1 fully saturated rings. The summed E-state index contributed by atoms with van der Waals surface area (Å²) >= 11 is 0. The van der Waals surface area contributed by atoms with Crippen LogP contribution in [0.4, 0.5) is 4.39 Å². The fraction of sp³-hybridized carbons (Fsp3) is 0.500. The van der Waals surface area contributed by atoms with Crippen molar-refractivity contribution in [3.63, 3.8) is 0 Å². The van der Waals surface area contributed by atoms with E-state index in [-0.39, 0.29) is 23.7 Å². The van der Waals surface area contributed by atoms with Gasteiger partial charge in [-0.15, -0.1) is 0 Å². The molecule has 1 amide bonds. The number of aromatic amines is 1. The first-order chi connectivity index (χ1) is 12.7. The average molecular weight is 359 g/mol. The lowest BCUT2D eigenvalue weighted by molar-refractivity contribution is -0.136. The van der Waals surface area contributed by atoms with Gasteiger partial charge in [0, 0.05) is 32.8 Å². The molecule has 1 saturated heterocycles. The third-order valence-corrected chi connectivity index (χ3v) is 5.20. The van der Waals surface area contributed by atoms with Crippen LogP contribution in [0.5, 0.6) is 0 Å². The molecule has 0 saturated carbocycles. The fourth-order valence-electron chi connectivity index (χ4n) is 3.65. The number of methoxy groups -OCH3 is 1. The van der Waals surface area contributed by atoms with Crippen molar-refractivity contribution in [3.8, 4) is 0 Å². The van der Waals surface area contributed by atoms with E-state index in [0.29, 0.717) is 25.9 Å². The molecule has 2 aromatic rings. The topological polar surface area (TPSA) is 58.2 Å². The van der Waals surface area contributed by atoms with E-state index in [1.54, 1.807) is 19.4 Å². The highest BCUT2D eigenvalue weighted by Crippen LogP contribution is 2.26. The number of nitrogens with one attached hydrogen (secondary N) is 1. The van der Waals surface area contributed by atoms with Gasteiger partial charge in [-0.25, -0.2) is 4.39 Å². The summed E-state index contributed by atoms with van der Waals surface area (Å²) in [5, 5.41) is 6.70. The Morgan fingerprint density at radius 1 is 1.42 bits per heavy atom. The largest absolute Gasteiger partial charge is 0.379 e. The van der Waals surface area contributed by atoms with E-state index in [0.717, 1.165) is 30.4 Å². The molecule has 3 rings (SSSR count). The predicted octanol–water partition coefficient (Wildman–Crippen LogP) is 2.98. The van der Waals surface area contributed by atoms with Crippen molar-refractivity contribution < 1.29 is 13.9 Å². The maximum Gasteiger partial charge on any atom is 0.222 e. The van der Waals surface area contributed by atoms with Gasteiger partial charge < -0.3 is 9.64 Å². The van der Waals surface area contributed by atoms with Gasteiger partial charge in [0.15, 0.2) is 0 Å². The van der Waals surface area contributed by atoms with E-state index in [9.17, 15) is 9.18 Å². The maximum absolute atomic E-state index is 13.9. The summed E-state index contributed by atoms with van der Waals surface area (Å²) in [5.41, 5.74) is 1.84. The number of benzene rings is 1. The molecule has 0 bridgehead atoms. The van der Waals surface area contributed by atoms with Crippen molar-refractivity contribution in [2.24, 2.45) is 5.92 Å². The minimum Gasteiger partial charge on any atom is -0.379 e. The minimum atomic E-state index is -0.167. The van der Waals surface area contributed by atoms with Crippen molar-refractivity contribution in [1.82, 2.24) is 15.1 Å². The molecule has 1 aliphatic heterocycles. The number of aromatic nitrogens is 2. The third-order valence-electron chi connectivity index (χ3n) is 5.20. The lowest BCUT2D eigenvalue weighted by atomic mass is 9.87. The molecule has 26 heavy (non-hydrogen) atoms. The van der Waals surface area contributed by atoms with E-state index in [1.807, 2.05) is 23.2 Å². The predicted molar refractivity (Wildman–Crippen MR) is 97.1 cm³/mol. The molecule has 1 N–H and O–H groups in total. The molecule has 2 atom stereocenters. The summed E-state index contributed by atoms with van der Waals surface area (Å²) in [5.74, 6) is 0.229. The molecule has 140 valence electrons. The monoisotopic (exact) mass is 359 g/mol. The number of likely N-dealkylation sites (tertiary alicyclic amines) is 1. The Kier molecular flexibility index (Phi) is 6.39. The summed E-state index contributed by atoms with van der Waals surface area (Å²) in [6.45, 7) is 1.30. The van der Waals surface area contributed by atoms with Crippen molar-refractivity contribution in [2.75, 3.05) is 20.2 Å². The molecular formula is C20H26FN3O2. The molecule has 6 heteroatoms. The Morgan fingerprint density at radius 3 is 3.00 bits per heavy atom. The molecule has 1 aromatic carbocycles. The van der Waals surface area contributed by atoms with Gasteiger partial charge in [-0.3, -0.25) is 9.89 Å². The number of amides is 1. The van der Waals surface area contributed by atoms with Gasteiger partial charge in [-0.05, 0) is 48.8 Å². The average Bonchev–Trinajstić information content (AvgIpc) is 3.17. The highest BCUT2D eigenvalue weighted by atomic mass is 19.1. The van der Waals surface area contributed by atoms with Crippen LogP contribution in [0.25, 0.3) is 0 Å². The number of H-pyrrole nitrogens is 1. The molecular weight excluding hydrogens is 333 g/mol. The summed E-state index contributed by atoms with van der Waals surface area (Å²) in [6.07, 6.45) is 7.26. The van der Waals surface area contributed by atoms with Gasteiger partial charge in [0.1, 0.15) is 5.82 Å². The Labute approximate surface area is 153 Å². The highest BCUT2D eigenvalue weighted by Gasteiger charge is 2.31. The zero-order chi connectivity index (χ0) is 18.4. The maximum atomic E-state index is 13.9. The summed E-state index contributed by atoms with van der Waals surface area (Å²) in [7, 11) is 1.67. The van der Waals surface area contributed by atoms with Crippen LogP contribution in [0.2, 0.25) is 0 Å². The first-order valence-electron chi connectivity index (χ1n) is 9.19. The number of aryl methyl sites for hydroxylation is 1. The first-order valence-corrected chi connectivity index (χ1v) is 9.19. The fourth-order valence-corrected chi connectivity index (χ4v) is 3.65. The number of nitrogens with zero attached hydrogens (tertiary/aromatic N) is 2. The smallest absolute Gasteiger partial charge is 0.222 e. The van der Waals surface area contributed by atoms with Gasteiger partial charge in [-0.1, -0.05) is 18.2 Å². The van der Waals surface area contributed by atoms with Crippen LogP contribution < -0.4 is 0 Å². The zero-order valence-corrected chi connectivity index (χ0v) is 15.2. The lowest BCUT2D eigenvalue weighted by Crippen LogP contribution is -2.48. The van der Waals surface area contributed by atoms with E-state index in [2.05, 4.69) is 10.2 Å². The van der Waals surface area contributed by atoms with E-state index in [1.165, 1.54) is 6.07 Å². The number of ether oxygens (including phenoxy) is 1. The molecule has 1 aromatic heterocycles. The van der Waals surface area contributed by atoms with Crippen LogP contribution in [0, 0.1) is 11.7 Å². The van der Waals surface area contributed by atoms with Gasteiger partial charge >= 0.3 is 0 Å². The number of piperidine rings is 1. The molecule has 5 nitrogen and oxygen atoms in total. The highest BCUT2D eigenvalue weighted by molar-refractivity contribution is 5.76. The number of carbonyl (C=O) groups excluding carboxylic acids is 1. The van der Waals surface area contributed by atoms with E-state index in [4.69, 9.17) is 4.74 Å². The number of rotatable bonds is 7. The molecule has 0 radical (unpaired) electrons. The van der Waals surface area contributed by atoms with Crippen LogP contribution in [0.3, 0.4) is 0 Å². The molecule has 0 aliphatic carbocycles. The SMILES string of the molecule is CO[C@H]1CN(C(=O)CCCc2cn[nH]c2)CC[C@@H]1Cc1ccccc1F. The van der Waals surface area contributed by atoms with Gasteiger partial charge in [-0.2, -0.15) is 5.10 Å². The third kappa shape index (κ3) is 4.69. The van der Waals surface area contributed by atoms with Crippen molar-refractivity contribution in [2.45, 2.75) is 38.2 Å². The minimum absolute atomic E-state index is 0.0545. The number of halogens is 1. The van der Waals surface area contributed by atoms with Gasteiger partial charge in [0.25, 0.3) is 0 Å². The Hall–Kier alpha value is -2.21. The molecule has 2 heterocycles. The van der Waals surface area contributed by atoms with E-state index >= 15 is 0 Å². The Morgan fingerprint density at radius 2 is 2.27 bits per heavy atom. The molecule has 0 spiro atoms. The zero-order valence-electron chi connectivity index (χ0n) is 15.2. The second kappa shape index (κ2) is 8.94. The Balaban J connectivity index is 1.50. The van der Waals surface area contributed by atoms with Crippen LogP contribution >= 0.6 is 0 Å². The second-order valence-electron chi connectivity index (χ2n) is 6.92. The summed E-state index contributed by atoms with van der Waals surface area (Å²) in [4.78, 5) is 14.4. The van der Waals surface area contributed by atoms with Crippen molar-refractivity contribution in [3.05, 3.63) is 53.6 Å². The van der Waals surface area contributed by atoms with Crippen LogP contribution in [0.1, 0.15) is 30.4 Å². The Bertz CT molecular complexity index is 705.